The Balaban J connectivity index is 0.000000512. The van der Waals surface area contributed by atoms with E-state index < -0.39 is 5.97 Å². The monoisotopic (exact) mass is 459 g/mol. The molecule has 0 aliphatic carbocycles. The van der Waals surface area contributed by atoms with Gasteiger partial charge in [-0.3, -0.25) is 9.78 Å². The summed E-state index contributed by atoms with van der Waals surface area (Å²) < 4.78 is 0. The maximum atomic E-state index is 10.9. The van der Waals surface area contributed by atoms with Crippen molar-refractivity contribution in [3.63, 3.8) is 0 Å². The quantitative estimate of drug-likeness (QED) is 0.655. The molecule has 1 fully saturated rings. The molecule has 2 aliphatic heterocycles. The molecule has 0 spiro atoms. The highest BCUT2D eigenvalue weighted by Gasteiger charge is 2.35. The molecular formula is C24H37N5O4. The van der Waals surface area contributed by atoms with Crippen LogP contribution in [0.25, 0.3) is 0 Å². The summed E-state index contributed by atoms with van der Waals surface area (Å²) >= 11 is 0. The average Bonchev–Trinajstić information content (AvgIpc) is 3.27. The van der Waals surface area contributed by atoms with Gasteiger partial charge >= 0.3 is 5.97 Å². The number of likely N-dealkylation sites (N-methyl/N-ethyl adjacent to an activating group) is 1. The van der Waals surface area contributed by atoms with Crippen LogP contribution in [0.4, 0.5) is 11.5 Å². The lowest BCUT2D eigenvalue weighted by molar-refractivity contribution is -0.107. The van der Waals surface area contributed by atoms with Gasteiger partial charge in [-0.15, -0.1) is 0 Å². The van der Waals surface area contributed by atoms with Crippen LogP contribution in [0.5, 0.6) is 0 Å². The van der Waals surface area contributed by atoms with Crippen molar-refractivity contribution < 1.29 is 19.5 Å². The first kappa shape index (κ1) is 29.5. The van der Waals surface area contributed by atoms with Crippen LogP contribution in [-0.4, -0.2) is 59.9 Å². The molecule has 2 aromatic rings. The van der Waals surface area contributed by atoms with Gasteiger partial charge in [-0.1, -0.05) is 26.8 Å². The minimum atomic E-state index is -0.968. The number of aldehydes is 1. The number of amides is 1. The molecule has 33 heavy (non-hydrogen) atoms. The molecule has 0 aromatic carbocycles. The van der Waals surface area contributed by atoms with Gasteiger partial charge in [0.25, 0.3) is 0 Å². The largest absolute Gasteiger partial charge is 0.477 e. The zero-order valence-electron chi connectivity index (χ0n) is 20.5. The summed E-state index contributed by atoms with van der Waals surface area (Å²) in [6.45, 7) is 11.7. The number of primary amides is 1. The summed E-state index contributed by atoms with van der Waals surface area (Å²) in [5, 5.41) is 8.93. The number of aromatic nitrogens is 2. The minimum absolute atomic E-state index is 0.119. The number of aryl methyl sites for hydroxylation is 2. The second kappa shape index (κ2) is 16.2. The van der Waals surface area contributed by atoms with Gasteiger partial charge < -0.3 is 25.4 Å². The molecule has 4 heterocycles. The third kappa shape index (κ3) is 9.26. The number of rotatable bonds is 2. The van der Waals surface area contributed by atoms with Crippen LogP contribution < -0.4 is 15.5 Å². The van der Waals surface area contributed by atoms with E-state index in [1.807, 2.05) is 40.1 Å². The van der Waals surface area contributed by atoms with Gasteiger partial charge in [0.15, 0.2) is 11.5 Å². The standard InChI is InChI=1S/C11H13N3O2.C8H11N.C2H4O.C2H6.CH3NO/c1-13-7-4-5-14(6-7)9-3-2-8(11(15)16)12-10(9)13;1-3-8-5-4-7(2)6-9-8;1-2-3;1-2;2-1-3/h2-3,7H,4-6H2,1H3,(H,15,16);4-6H,3H2,1-2H3;2H,1H3;1-2H3;1H,(H2,2,3). The number of nitrogens with two attached hydrogens (primary N) is 1. The number of nitrogens with zero attached hydrogens (tertiary/aromatic N) is 4. The van der Waals surface area contributed by atoms with Crippen molar-refractivity contribution in [1.82, 2.24) is 9.97 Å². The number of pyridine rings is 2. The smallest absolute Gasteiger partial charge is 0.354 e. The topological polar surface area (TPSA) is 130 Å². The Morgan fingerprint density at radius 2 is 1.85 bits per heavy atom. The fourth-order valence-corrected chi connectivity index (χ4v) is 3.22. The third-order valence-corrected chi connectivity index (χ3v) is 4.79. The zero-order chi connectivity index (χ0) is 25.4. The first-order chi connectivity index (χ1) is 15.8. The molecule has 2 bridgehead atoms. The van der Waals surface area contributed by atoms with Crippen LogP contribution in [0.1, 0.15) is 55.9 Å². The number of carboxylic acids is 1. The first-order valence-electron chi connectivity index (χ1n) is 11.0. The maximum absolute atomic E-state index is 10.9. The Morgan fingerprint density at radius 3 is 2.33 bits per heavy atom. The third-order valence-electron chi connectivity index (χ3n) is 4.79. The molecule has 0 radical (unpaired) electrons. The Labute approximate surface area is 196 Å². The highest BCUT2D eigenvalue weighted by atomic mass is 16.4. The number of carboxylic acid groups (broad SMARTS) is 1. The number of carbonyl (C=O) groups excluding carboxylic acids is 2. The highest BCUT2D eigenvalue weighted by molar-refractivity contribution is 5.87. The molecule has 182 valence electrons. The van der Waals surface area contributed by atoms with Crippen LogP contribution in [-0.2, 0) is 16.0 Å². The summed E-state index contributed by atoms with van der Waals surface area (Å²) in [7, 11) is 1.99. The minimum Gasteiger partial charge on any atom is -0.477 e. The number of hydrogen-bond acceptors (Lipinski definition) is 7. The summed E-state index contributed by atoms with van der Waals surface area (Å²) in [5.41, 5.74) is 7.74. The molecule has 2 aromatic heterocycles. The van der Waals surface area contributed by atoms with Crippen molar-refractivity contribution >= 4 is 30.2 Å². The fraction of sp³-hybridized carbons (Fsp3) is 0.458. The van der Waals surface area contributed by atoms with Crippen molar-refractivity contribution in [1.29, 1.82) is 0 Å². The van der Waals surface area contributed by atoms with Crippen molar-refractivity contribution in [2.75, 3.05) is 29.9 Å². The van der Waals surface area contributed by atoms with Gasteiger partial charge in [0, 0.05) is 38.1 Å². The van der Waals surface area contributed by atoms with Crippen molar-refractivity contribution in [2.45, 2.75) is 53.5 Å². The first-order valence-corrected chi connectivity index (χ1v) is 11.0. The molecule has 9 heteroatoms. The Morgan fingerprint density at radius 1 is 1.24 bits per heavy atom. The van der Waals surface area contributed by atoms with E-state index >= 15 is 0 Å². The second-order valence-electron chi connectivity index (χ2n) is 6.90. The summed E-state index contributed by atoms with van der Waals surface area (Å²) in [6.07, 6.45) is 5.05. The normalized spacial score (nSPS) is 14.3. The van der Waals surface area contributed by atoms with Gasteiger partial charge in [0.05, 0.1) is 5.69 Å². The van der Waals surface area contributed by atoms with Crippen LogP contribution in [0.15, 0.2) is 30.5 Å². The molecule has 0 saturated carbocycles. The van der Waals surface area contributed by atoms with E-state index in [0.29, 0.717) is 6.04 Å². The number of anilines is 2. The zero-order valence-corrected chi connectivity index (χ0v) is 20.5. The SMILES string of the molecule is CC.CC=O.CCc1ccc(C)cn1.CN1c2nc(C(=O)O)ccc2N2CCC1C2.NC=O. The van der Waals surface area contributed by atoms with Crippen LogP contribution >= 0.6 is 0 Å². The van der Waals surface area contributed by atoms with E-state index in [4.69, 9.17) is 14.7 Å². The van der Waals surface area contributed by atoms with E-state index in [9.17, 15) is 4.79 Å². The number of carbonyl (C=O) groups is 3. The molecular weight excluding hydrogens is 422 g/mol. The molecule has 4 rings (SSSR count). The molecule has 3 N–H and O–H groups in total. The Hall–Kier alpha value is -3.49. The maximum Gasteiger partial charge on any atom is 0.354 e. The lowest BCUT2D eigenvalue weighted by Gasteiger charge is -2.34. The van der Waals surface area contributed by atoms with Gasteiger partial charge in [0.1, 0.15) is 6.29 Å². The second-order valence-corrected chi connectivity index (χ2v) is 6.90. The highest BCUT2D eigenvalue weighted by Crippen LogP contribution is 2.37. The van der Waals surface area contributed by atoms with E-state index in [2.05, 4.69) is 44.6 Å². The van der Waals surface area contributed by atoms with E-state index in [-0.39, 0.29) is 12.1 Å². The van der Waals surface area contributed by atoms with Crippen LogP contribution in [0, 0.1) is 6.92 Å². The molecule has 1 unspecified atom stereocenters. The summed E-state index contributed by atoms with van der Waals surface area (Å²) in [4.78, 5) is 41.1. The number of fused-ring (bicyclic) bond motifs is 4. The van der Waals surface area contributed by atoms with Crippen molar-refractivity contribution in [2.24, 2.45) is 5.73 Å². The summed E-state index contributed by atoms with van der Waals surface area (Å²) in [5.74, 6) is -0.169. The van der Waals surface area contributed by atoms with E-state index in [1.165, 1.54) is 18.2 Å². The lowest BCUT2D eigenvalue weighted by Crippen LogP contribution is -2.40. The molecule has 9 nitrogen and oxygen atoms in total. The predicted octanol–water partition coefficient (Wildman–Crippen LogP) is 3.09. The van der Waals surface area contributed by atoms with Gasteiger partial charge in [0.2, 0.25) is 6.41 Å². The number of hydrogen-bond donors (Lipinski definition) is 2. The Kier molecular flexibility index (Phi) is 14.5. The van der Waals surface area contributed by atoms with Gasteiger partial charge in [-0.2, -0.15) is 0 Å². The van der Waals surface area contributed by atoms with Gasteiger partial charge in [-0.25, -0.2) is 9.78 Å². The van der Waals surface area contributed by atoms with Crippen LogP contribution in [0.3, 0.4) is 0 Å². The number of aromatic carboxylic acids is 1. The average molecular weight is 460 g/mol. The van der Waals surface area contributed by atoms with E-state index in [0.717, 1.165) is 43.7 Å². The molecule has 2 aliphatic rings. The predicted molar refractivity (Wildman–Crippen MR) is 132 cm³/mol. The molecule has 1 amide bonds. The van der Waals surface area contributed by atoms with Crippen LogP contribution in [0.2, 0.25) is 0 Å². The molecule has 1 atom stereocenters. The van der Waals surface area contributed by atoms with Crippen molar-refractivity contribution in [3.05, 3.63) is 47.4 Å². The van der Waals surface area contributed by atoms with E-state index in [1.54, 1.807) is 6.07 Å². The van der Waals surface area contributed by atoms with Crippen molar-refractivity contribution in [3.8, 4) is 0 Å². The molecule has 1 saturated heterocycles. The Bertz CT molecular complexity index is 852. The van der Waals surface area contributed by atoms with Gasteiger partial charge in [-0.05, 0) is 50.5 Å². The fourth-order valence-electron chi connectivity index (χ4n) is 3.22. The lowest BCUT2D eigenvalue weighted by atomic mass is 10.2. The summed E-state index contributed by atoms with van der Waals surface area (Å²) in [6, 6.07) is 8.07.